The van der Waals surface area contributed by atoms with Crippen LogP contribution >= 0.6 is 11.3 Å². The number of aliphatic imine (C=N–C) groups is 2. The Morgan fingerprint density at radius 2 is 2.11 bits per heavy atom. The number of nitrogens with zero attached hydrogens (tertiary/aromatic N) is 5. The molecule has 186 valence electrons. The Bertz CT molecular complexity index is 1140. The quantitative estimate of drug-likeness (QED) is 0.529. The van der Waals surface area contributed by atoms with E-state index in [-0.39, 0.29) is 5.91 Å². The van der Waals surface area contributed by atoms with Gasteiger partial charge in [-0.15, -0.1) is 11.3 Å². The van der Waals surface area contributed by atoms with Gasteiger partial charge in [0, 0.05) is 44.2 Å². The first-order valence-corrected chi connectivity index (χ1v) is 12.6. The van der Waals surface area contributed by atoms with Crippen LogP contribution in [0.5, 0.6) is 11.5 Å². The van der Waals surface area contributed by atoms with Gasteiger partial charge in [-0.3, -0.25) is 24.9 Å². The zero-order valence-corrected chi connectivity index (χ0v) is 20.7. The third kappa shape index (κ3) is 4.95. The molecular weight excluding hydrogens is 470 g/mol. The van der Waals surface area contributed by atoms with E-state index in [4.69, 9.17) is 19.2 Å². The van der Waals surface area contributed by atoms with Gasteiger partial charge in [-0.25, -0.2) is 9.98 Å². The fourth-order valence-corrected chi connectivity index (χ4v) is 4.91. The summed E-state index contributed by atoms with van der Waals surface area (Å²) in [4.78, 5) is 30.9. The smallest absolute Gasteiger partial charge is 0.277 e. The minimum Gasteiger partial charge on any atom is -0.491 e. The molecule has 3 aliphatic rings. The third-order valence-electron chi connectivity index (χ3n) is 6.01. The van der Waals surface area contributed by atoms with Gasteiger partial charge in [0.25, 0.3) is 5.91 Å². The van der Waals surface area contributed by atoms with Gasteiger partial charge in [0.05, 0.1) is 33.5 Å². The largest absolute Gasteiger partial charge is 0.491 e. The lowest BCUT2D eigenvalue weighted by atomic mass is 10.1. The number of amidine groups is 1. The molecule has 0 aliphatic carbocycles. The van der Waals surface area contributed by atoms with Crippen LogP contribution in [-0.4, -0.2) is 99.2 Å². The van der Waals surface area contributed by atoms with Crippen LogP contribution in [0.2, 0.25) is 0 Å². The second kappa shape index (κ2) is 10.6. The monoisotopic (exact) mass is 499 g/mol. The van der Waals surface area contributed by atoms with E-state index in [1.807, 2.05) is 17.0 Å². The minimum absolute atomic E-state index is 0.328. The molecule has 0 radical (unpaired) electrons. The van der Waals surface area contributed by atoms with E-state index >= 15 is 0 Å². The first-order valence-electron chi connectivity index (χ1n) is 11.7. The predicted molar refractivity (Wildman–Crippen MR) is 135 cm³/mol. The number of aromatic nitrogens is 1. The number of nitrogens with one attached hydrogen (secondary N) is 2. The lowest BCUT2D eigenvalue weighted by Crippen LogP contribution is -2.47. The molecule has 5 rings (SSSR count). The molecule has 12 heteroatoms. The number of methoxy groups -OCH3 is 1. The van der Waals surface area contributed by atoms with Crippen molar-refractivity contribution in [2.45, 2.75) is 6.42 Å². The number of amides is 1. The van der Waals surface area contributed by atoms with E-state index in [1.165, 1.54) is 11.3 Å². The summed E-state index contributed by atoms with van der Waals surface area (Å²) in [6.45, 7) is 6.27. The average molecular weight is 500 g/mol. The number of ether oxygens (including phenoxy) is 3. The maximum absolute atomic E-state index is 12.9. The van der Waals surface area contributed by atoms with Crippen LogP contribution in [0.15, 0.2) is 27.5 Å². The van der Waals surface area contributed by atoms with Crippen molar-refractivity contribution in [1.82, 2.24) is 20.1 Å². The molecule has 0 spiro atoms. The molecule has 4 heterocycles. The van der Waals surface area contributed by atoms with Crippen LogP contribution < -0.4 is 20.1 Å². The van der Waals surface area contributed by atoms with Gasteiger partial charge in [0.1, 0.15) is 17.2 Å². The number of morpholine rings is 1. The molecule has 0 atom stereocenters. The molecule has 1 aromatic carbocycles. The Morgan fingerprint density at radius 3 is 2.89 bits per heavy atom. The zero-order valence-electron chi connectivity index (χ0n) is 19.9. The normalized spacial score (nSPS) is 17.3. The summed E-state index contributed by atoms with van der Waals surface area (Å²) in [7, 11) is 3.37. The minimum atomic E-state index is -0.328. The van der Waals surface area contributed by atoms with Gasteiger partial charge >= 0.3 is 0 Å². The maximum atomic E-state index is 12.9. The van der Waals surface area contributed by atoms with Crippen LogP contribution in [0.4, 0.5) is 10.8 Å². The summed E-state index contributed by atoms with van der Waals surface area (Å²) in [5.74, 6) is 1.98. The SMILES string of the molecule is CNc1nc(C(=O)NC2=Nc3c(ccc(OCCCN4CCOCC4)c3OC)C3=NCCN23)cs1. The van der Waals surface area contributed by atoms with E-state index in [0.29, 0.717) is 53.7 Å². The van der Waals surface area contributed by atoms with Crippen molar-refractivity contribution in [3.63, 3.8) is 0 Å². The molecule has 35 heavy (non-hydrogen) atoms. The first-order chi connectivity index (χ1) is 17.2. The number of fused-ring (bicyclic) bond motifs is 3. The highest BCUT2D eigenvalue weighted by Gasteiger charge is 2.33. The fraction of sp³-hybridized carbons (Fsp3) is 0.478. The fourth-order valence-electron chi connectivity index (χ4n) is 4.25. The number of guanidine groups is 1. The van der Waals surface area contributed by atoms with Gasteiger partial charge < -0.3 is 19.5 Å². The van der Waals surface area contributed by atoms with Gasteiger partial charge in [-0.05, 0) is 18.6 Å². The third-order valence-corrected chi connectivity index (χ3v) is 6.87. The molecule has 1 aromatic heterocycles. The second-order valence-electron chi connectivity index (χ2n) is 8.18. The van der Waals surface area contributed by atoms with Crippen LogP contribution in [0.25, 0.3) is 0 Å². The number of carbonyl (C=O) groups excluding carboxylic acids is 1. The molecule has 2 N–H and O–H groups in total. The van der Waals surface area contributed by atoms with Crippen molar-refractivity contribution in [3.05, 3.63) is 28.8 Å². The zero-order chi connectivity index (χ0) is 24.2. The number of thiazole rings is 1. The number of carbonyl (C=O) groups is 1. The summed E-state index contributed by atoms with van der Waals surface area (Å²) in [5, 5.41) is 8.23. The molecule has 0 saturated carbocycles. The Morgan fingerprint density at radius 1 is 1.26 bits per heavy atom. The van der Waals surface area contributed by atoms with E-state index < -0.39 is 0 Å². The Labute approximate surface area is 207 Å². The van der Waals surface area contributed by atoms with E-state index in [0.717, 1.165) is 50.7 Å². The lowest BCUT2D eigenvalue weighted by molar-refractivity contribution is 0.0357. The van der Waals surface area contributed by atoms with Crippen LogP contribution in [0.3, 0.4) is 0 Å². The summed E-state index contributed by atoms with van der Waals surface area (Å²) in [5.41, 5.74) is 1.78. The second-order valence-corrected chi connectivity index (χ2v) is 9.04. The number of benzene rings is 1. The highest BCUT2D eigenvalue weighted by atomic mass is 32.1. The molecule has 1 fully saturated rings. The van der Waals surface area contributed by atoms with Gasteiger partial charge in [-0.2, -0.15) is 0 Å². The van der Waals surface area contributed by atoms with Crippen LogP contribution in [0.1, 0.15) is 22.5 Å². The Balaban J connectivity index is 1.34. The van der Waals surface area contributed by atoms with E-state index in [2.05, 4.69) is 25.5 Å². The Kier molecular flexibility index (Phi) is 7.11. The van der Waals surface area contributed by atoms with Crippen LogP contribution in [-0.2, 0) is 4.74 Å². The van der Waals surface area contributed by atoms with Gasteiger partial charge in [0.15, 0.2) is 16.6 Å². The van der Waals surface area contributed by atoms with Crippen LogP contribution in [0, 0.1) is 0 Å². The van der Waals surface area contributed by atoms with E-state index in [1.54, 1.807) is 19.5 Å². The molecule has 1 amide bonds. The van der Waals surface area contributed by atoms with Crippen molar-refractivity contribution in [3.8, 4) is 11.5 Å². The topological polar surface area (TPSA) is 113 Å². The highest BCUT2D eigenvalue weighted by Crippen LogP contribution is 2.43. The lowest BCUT2D eigenvalue weighted by Gasteiger charge is -2.28. The average Bonchev–Trinajstić information content (AvgIpc) is 3.57. The summed E-state index contributed by atoms with van der Waals surface area (Å²) < 4.78 is 17.2. The number of rotatable bonds is 8. The standard InChI is InChI=1S/C23H29N7O4S/c1-24-23-26-16(14-35-23)21(31)28-22-27-18-15(20-25-6-8-30(20)22)4-5-17(19(18)32-2)34-11-3-7-29-9-12-33-13-10-29/h4-5,14H,3,6-13H2,1-2H3,(H,24,26)(H,27,28,31). The molecule has 3 aliphatic heterocycles. The van der Waals surface area contributed by atoms with Crippen molar-refractivity contribution >= 4 is 39.9 Å². The van der Waals surface area contributed by atoms with Crippen molar-refractivity contribution in [2.75, 3.05) is 72.0 Å². The summed E-state index contributed by atoms with van der Waals surface area (Å²) >= 11 is 1.37. The van der Waals surface area contributed by atoms with Crippen molar-refractivity contribution in [1.29, 1.82) is 0 Å². The van der Waals surface area contributed by atoms with Crippen molar-refractivity contribution < 1.29 is 19.0 Å². The molecular formula is C23H29N7O4S. The molecule has 1 saturated heterocycles. The molecule has 2 aromatic rings. The number of hydrogen-bond acceptors (Lipinski definition) is 11. The Hall–Kier alpha value is -3.22. The van der Waals surface area contributed by atoms with Crippen molar-refractivity contribution in [2.24, 2.45) is 9.98 Å². The summed E-state index contributed by atoms with van der Waals surface area (Å²) in [6.07, 6.45) is 0.896. The van der Waals surface area contributed by atoms with Gasteiger partial charge in [0.2, 0.25) is 5.96 Å². The number of anilines is 1. The molecule has 0 bridgehead atoms. The van der Waals surface area contributed by atoms with E-state index in [9.17, 15) is 4.79 Å². The maximum Gasteiger partial charge on any atom is 0.277 e. The van der Waals surface area contributed by atoms with Gasteiger partial charge in [-0.1, -0.05) is 0 Å². The molecule has 11 nitrogen and oxygen atoms in total. The summed E-state index contributed by atoms with van der Waals surface area (Å²) in [6, 6.07) is 3.85. The molecule has 0 unspecified atom stereocenters. The first kappa shape index (κ1) is 23.5. The number of hydrogen-bond donors (Lipinski definition) is 2. The highest BCUT2D eigenvalue weighted by molar-refractivity contribution is 7.13. The predicted octanol–water partition coefficient (Wildman–Crippen LogP) is 1.79.